The van der Waals surface area contributed by atoms with Crippen LogP contribution in [-0.4, -0.2) is 31.0 Å². The van der Waals surface area contributed by atoms with E-state index < -0.39 is 10.1 Å². The second-order valence-corrected chi connectivity index (χ2v) is 8.90. The molecule has 0 fully saturated rings. The Kier molecular flexibility index (Phi) is 9.84. The SMILES string of the molecule is CCCCC(CC)C(=O)N(Cc1ccc(OS(=O)(=O)CC)cc1)C(C)CC. The molecule has 0 aliphatic rings. The predicted octanol–water partition coefficient (Wildman–Crippen LogP) is 4.76. The van der Waals surface area contributed by atoms with Crippen LogP contribution in [0.1, 0.15) is 72.3 Å². The molecule has 0 aliphatic carbocycles. The van der Waals surface area contributed by atoms with Crippen molar-refractivity contribution in [2.24, 2.45) is 5.92 Å². The van der Waals surface area contributed by atoms with Gasteiger partial charge in [0.25, 0.3) is 0 Å². The lowest BCUT2D eigenvalue weighted by Crippen LogP contribution is -2.41. The molecule has 1 aromatic rings. The Morgan fingerprint density at radius 1 is 1.07 bits per heavy atom. The third kappa shape index (κ3) is 7.53. The lowest BCUT2D eigenvalue weighted by atomic mass is 9.96. The minimum absolute atomic E-state index is 0.0660. The lowest BCUT2D eigenvalue weighted by Gasteiger charge is -2.32. The molecule has 27 heavy (non-hydrogen) atoms. The van der Waals surface area contributed by atoms with Crippen LogP contribution in [0.5, 0.6) is 5.75 Å². The van der Waals surface area contributed by atoms with Crippen molar-refractivity contribution in [3.8, 4) is 5.75 Å². The van der Waals surface area contributed by atoms with E-state index in [0.717, 1.165) is 37.7 Å². The van der Waals surface area contributed by atoms with Gasteiger partial charge >= 0.3 is 10.1 Å². The van der Waals surface area contributed by atoms with Crippen molar-refractivity contribution in [1.82, 2.24) is 4.90 Å². The molecule has 5 nitrogen and oxygen atoms in total. The average molecular weight is 398 g/mol. The standard InChI is InChI=1S/C21H35NO4S/c1-6-10-11-19(8-3)21(23)22(17(5)7-2)16-18-12-14-20(15-13-18)26-27(24,25)9-4/h12-15,17,19H,6-11,16H2,1-5H3. The summed E-state index contributed by atoms with van der Waals surface area (Å²) in [5.41, 5.74) is 0.968. The van der Waals surface area contributed by atoms with Gasteiger partial charge in [-0.3, -0.25) is 4.79 Å². The Morgan fingerprint density at radius 2 is 1.70 bits per heavy atom. The summed E-state index contributed by atoms with van der Waals surface area (Å²) in [5.74, 6) is 0.517. The first-order valence-electron chi connectivity index (χ1n) is 10.1. The molecule has 0 aliphatic heterocycles. The highest BCUT2D eigenvalue weighted by Gasteiger charge is 2.25. The molecule has 0 spiro atoms. The molecule has 0 heterocycles. The van der Waals surface area contributed by atoms with Gasteiger partial charge in [0.15, 0.2) is 0 Å². The van der Waals surface area contributed by atoms with Crippen molar-refractivity contribution < 1.29 is 17.4 Å². The smallest absolute Gasteiger partial charge is 0.308 e. The molecular weight excluding hydrogens is 362 g/mol. The normalized spacial score (nSPS) is 13.8. The Labute approximate surface area is 165 Å². The van der Waals surface area contributed by atoms with E-state index in [0.29, 0.717) is 12.3 Å². The van der Waals surface area contributed by atoms with Crippen LogP contribution in [0, 0.1) is 5.92 Å². The monoisotopic (exact) mass is 397 g/mol. The summed E-state index contributed by atoms with van der Waals surface area (Å²) in [6.07, 6.45) is 4.84. The van der Waals surface area contributed by atoms with E-state index in [1.54, 1.807) is 19.1 Å². The predicted molar refractivity (Wildman–Crippen MR) is 110 cm³/mol. The molecule has 0 bridgehead atoms. The van der Waals surface area contributed by atoms with Crippen molar-refractivity contribution in [3.05, 3.63) is 29.8 Å². The number of rotatable bonds is 12. The molecule has 2 atom stereocenters. The Balaban J connectivity index is 2.92. The minimum atomic E-state index is -3.53. The molecular formula is C21H35NO4S. The van der Waals surface area contributed by atoms with Crippen LogP contribution < -0.4 is 4.18 Å². The second kappa shape index (κ2) is 11.3. The number of nitrogens with zero attached hydrogens (tertiary/aromatic N) is 1. The molecule has 0 saturated carbocycles. The number of amides is 1. The molecule has 0 aromatic heterocycles. The molecule has 0 radical (unpaired) electrons. The van der Waals surface area contributed by atoms with Crippen LogP contribution >= 0.6 is 0 Å². The largest absolute Gasteiger partial charge is 0.382 e. The van der Waals surface area contributed by atoms with E-state index in [9.17, 15) is 13.2 Å². The zero-order chi connectivity index (χ0) is 20.4. The summed E-state index contributed by atoms with van der Waals surface area (Å²) in [4.78, 5) is 15.1. The van der Waals surface area contributed by atoms with Gasteiger partial charge in [-0.15, -0.1) is 0 Å². The van der Waals surface area contributed by atoms with Gasteiger partial charge in [0.1, 0.15) is 5.75 Å². The zero-order valence-electron chi connectivity index (χ0n) is 17.4. The zero-order valence-corrected chi connectivity index (χ0v) is 18.2. The minimum Gasteiger partial charge on any atom is -0.382 e. The fourth-order valence-corrected chi connectivity index (χ4v) is 3.43. The molecule has 2 unspecified atom stereocenters. The van der Waals surface area contributed by atoms with Gasteiger partial charge in [0, 0.05) is 18.5 Å². The quantitative estimate of drug-likeness (QED) is 0.477. The third-order valence-electron chi connectivity index (χ3n) is 5.01. The number of hydrogen-bond acceptors (Lipinski definition) is 4. The highest BCUT2D eigenvalue weighted by atomic mass is 32.2. The molecule has 0 N–H and O–H groups in total. The van der Waals surface area contributed by atoms with Gasteiger partial charge in [-0.1, -0.05) is 45.7 Å². The van der Waals surface area contributed by atoms with Crippen LogP contribution in [0.25, 0.3) is 0 Å². The molecule has 6 heteroatoms. The van der Waals surface area contributed by atoms with E-state index in [1.165, 1.54) is 0 Å². The maximum absolute atomic E-state index is 13.1. The number of carbonyl (C=O) groups excluding carboxylic acids is 1. The summed E-state index contributed by atoms with van der Waals surface area (Å²) in [7, 11) is -3.53. The van der Waals surface area contributed by atoms with Gasteiger partial charge < -0.3 is 9.08 Å². The van der Waals surface area contributed by atoms with Crippen molar-refractivity contribution in [1.29, 1.82) is 0 Å². The van der Waals surface area contributed by atoms with Crippen molar-refractivity contribution in [2.45, 2.75) is 79.3 Å². The molecule has 0 saturated heterocycles. The highest BCUT2D eigenvalue weighted by Crippen LogP contribution is 2.22. The molecule has 154 valence electrons. The van der Waals surface area contributed by atoms with Crippen LogP contribution in [0.4, 0.5) is 0 Å². The van der Waals surface area contributed by atoms with Crippen molar-refractivity contribution in [3.63, 3.8) is 0 Å². The van der Waals surface area contributed by atoms with Crippen LogP contribution in [-0.2, 0) is 21.5 Å². The Bertz CT molecular complexity index is 670. The first kappa shape index (κ1) is 23.5. The third-order valence-corrected chi connectivity index (χ3v) is 6.16. The van der Waals surface area contributed by atoms with Crippen LogP contribution in [0.15, 0.2) is 24.3 Å². The molecule has 1 rings (SSSR count). The number of carbonyl (C=O) groups is 1. The summed E-state index contributed by atoms with van der Waals surface area (Å²) in [5, 5.41) is 0. The van der Waals surface area contributed by atoms with E-state index in [-0.39, 0.29) is 23.6 Å². The lowest BCUT2D eigenvalue weighted by molar-refractivity contribution is -0.138. The Morgan fingerprint density at radius 3 is 2.19 bits per heavy atom. The fourth-order valence-electron chi connectivity index (χ4n) is 2.91. The average Bonchev–Trinajstić information content (AvgIpc) is 2.67. The van der Waals surface area contributed by atoms with Gasteiger partial charge in [-0.2, -0.15) is 8.42 Å². The van der Waals surface area contributed by atoms with Gasteiger partial charge in [-0.25, -0.2) is 0 Å². The summed E-state index contributed by atoms with van der Waals surface area (Å²) >= 11 is 0. The summed E-state index contributed by atoms with van der Waals surface area (Å²) in [6.45, 7) is 10.5. The number of hydrogen-bond donors (Lipinski definition) is 0. The van der Waals surface area contributed by atoms with E-state index in [1.807, 2.05) is 17.0 Å². The maximum Gasteiger partial charge on any atom is 0.308 e. The van der Waals surface area contributed by atoms with Crippen LogP contribution in [0.2, 0.25) is 0 Å². The number of unbranched alkanes of at least 4 members (excludes halogenated alkanes) is 1. The maximum atomic E-state index is 13.1. The van der Waals surface area contributed by atoms with Crippen LogP contribution in [0.3, 0.4) is 0 Å². The highest BCUT2D eigenvalue weighted by molar-refractivity contribution is 7.87. The summed E-state index contributed by atoms with van der Waals surface area (Å²) < 4.78 is 28.2. The Hall–Kier alpha value is -1.56. The number of benzene rings is 1. The summed E-state index contributed by atoms with van der Waals surface area (Å²) in [6, 6.07) is 7.11. The van der Waals surface area contributed by atoms with E-state index in [2.05, 4.69) is 27.7 Å². The topological polar surface area (TPSA) is 63.7 Å². The molecule has 1 aromatic carbocycles. The first-order chi connectivity index (χ1) is 12.8. The van der Waals surface area contributed by atoms with Gasteiger partial charge in [0.2, 0.25) is 5.91 Å². The first-order valence-corrected chi connectivity index (χ1v) is 11.7. The van der Waals surface area contributed by atoms with Gasteiger partial charge in [0.05, 0.1) is 5.75 Å². The molecule has 1 amide bonds. The van der Waals surface area contributed by atoms with Crippen molar-refractivity contribution in [2.75, 3.05) is 5.75 Å². The van der Waals surface area contributed by atoms with Gasteiger partial charge in [-0.05, 0) is 50.8 Å². The second-order valence-electron chi connectivity index (χ2n) is 7.04. The van der Waals surface area contributed by atoms with Crippen molar-refractivity contribution >= 4 is 16.0 Å². The fraction of sp³-hybridized carbons (Fsp3) is 0.667. The van der Waals surface area contributed by atoms with E-state index >= 15 is 0 Å². The van der Waals surface area contributed by atoms with E-state index in [4.69, 9.17) is 4.18 Å².